The molecule has 0 aliphatic rings. The summed E-state index contributed by atoms with van der Waals surface area (Å²) in [5.41, 5.74) is 14.7. The first-order valence-corrected chi connectivity index (χ1v) is 10.7. The molecular weight excluding hydrogens is 468 g/mol. The second kappa shape index (κ2) is 9.93. The topological polar surface area (TPSA) is 105 Å². The van der Waals surface area contributed by atoms with Crippen molar-refractivity contribution in [2.24, 2.45) is 0 Å². The molecule has 1 heterocycles. The van der Waals surface area contributed by atoms with Crippen LogP contribution in [0.2, 0.25) is 0 Å². The maximum atomic E-state index is 12.5. The first kappa shape index (κ1) is 21.3. The molecule has 0 saturated heterocycles. The van der Waals surface area contributed by atoms with Crippen LogP contribution in [0.3, 0.4) is 0 Å². The molecule has 0 fully saturated rings. The second-order valence-electron chi connectivity index (χ2n) is 6.94. The Morgan fingerprint density at radius 3 is 2.00 bits per heavy atom. The number of nitrogens with one attached hydrogen (secondary N) is 3. The molecule has 4 rings (SSSR count). The Bertz CT molecular complexity index is 1160. The molecule has 0 saturated carbocycles. The molecule has 0 aliphatic heterocycles. The molecular formula is C24H21BrN6O. The number of nitrogen functional groups attached to an aromatic ring is 1. The minimum atomic E-state index is -0.323. The third-order valence-corrected chi connectivity index (χ3v) is 5.54. The van der Waals surface area contributed by atoms with Crippen LogP contribution in [0.15, 0.2) is 95.7 Å². The largest absolute Gasteiger partial charge is 0.393 e. The SMILES string of the molecule is Nc1c(NNC(=O)c2ccccc2Br)ncnc1NC(c1ccccc1)c1ccccc1. The van der Waals surface area contributed by atoms with E-state index >= 15 is 0 Å². The summed E-state index contributed by atoms with van der Waals surface area (Å²) in [5, 5.41) is 3.41. The van der Waals surface area contributed by atoms with Gasteiger partial charge in [-0.1, -0.05) is 72.8 Å². The molecule has 32 heavy (non-hydrogen) atoms. The second-order valence-corrected chi connectivity index (χ2v) is 7.80. The molecule has 0 aliphatic carbocycles. The minimum Gasteiger partial charge on any atom is -0.393 e. The Balaban J connectivity index is 1.56. The van der Waals surface area contributed by atoms with Crippen molar-refractivity contribution in [1.82, 2.24) is 15.4 Å². The van der Waals surface area contributed by atoms with Crippen molar-refractivity contribution in [1.29, 1.82) is 0 Å². The summed E-state index contributed by atoms with van der Waals surface area (Å²) in [4.78, 5) is 21.0. The number of rotatable bonds is 7. The Labute approximate surface area is 194 Å². The van der Waals surface area contributed by atoms with Gasteiger partial charge in [0.1, 0.15) is 12.0 Å². The summed E-state index contributed by atoms with van der Waals surface area (Å²) in [6, 6.07) is 27.0. The van der Waals surface area contributed by atoms with Gasteiger partial charge in [0.25, 0.3) is 5.91 Å². The van der Waals surface area contributed by atoms with Crippen LogP contribution < -0.4 is 21.9 Å². The van der Waals surface area contributed by atoms with E-state index in [4.69, 9.17) is 5.73 Å². The van der Waals surface area contributed by atoms with E-state index in [9.17, 15) is 4.79 Å². The minimum absolute atomic E-state index is 0.169. The quantitative estimate of drug-likeness (QED) is 0.279. The molecule has 160 valence electrons. The van der Waals surface area contributed by atoms with Gasteiger partial charge in [0, 0.05) is 4.47 Å². The van der Waals surface area contributed by atoms with E-state index in [0.717, 1.165) is 11.1 Å². The lowest BCUT2D eigenvalue weighted by molar-refractivity contribution is 0.0961. The van der Waals surface area contributed by atoms with E-state index in [1.165, 1.54) is 6.33 Å². The monoisotopic (exact) mass is 488 g/mol. The molecule has 0 radical (unpaired) electrons. The van der Waals surface area contributed by atoms with Gasteiger partial charge in [0.05, 0.1) is 11.6 Å². The summed E-state index contributed by atoms with van der Waals surface area (Å²) in [6.07, 6.45) is 1.39. The molecule has 0 bridgehead atoms. The molecule has 0 unspecified atom stereocenters. The maximum Gasteiger partial charge on any atom is 0.270 e. The van der Waals surface area contributed by atoms with Gasteiger partial charge in [-0.25, -0.2) is 9.97 Å². The first-order valence-electron chi connectivity index (χ1n) is 9.91. The number of aromatic nitrogens is 2. The van der Waals surface area contributed by atoms with Crippen LogP contribution >= 0.6 is 15.9 Å². The van der Waals surface area contributed by atoms with Gasteiger partial charge in [0.2, 0.25) is 0 Å². The Morgan fingerprint density at radius 2 is 1.38 bits per heavy atom. The third-order valence-electron chi connectivity index (χ3n) is 4.84. The van der Waals surface area contributed by atoms with Crippen molar-refractivity contribution < 1.29 is 4.79 Å². The van der Waals surface area contributed by atoms with Gasteiger partial charge in [-0.3, -0.25) is 15.6 Å². The van der Waals surface area contributed by atoms with E-state index in [2.05, 4.69) is 42.1 Å². The van der Waals surface area contributed by atoms with Crippen molar-refractivity contribution in [2.75, 3.05) is 16.5 Å². The number of carbonyl (C=O) groups excluding carboxylic acids is 1. The highest BCUT2D eigenvalue weighted by atomic mass is 79.9. The van der Waals surface area contributed by atoms with Gasteiger partial charge >= 0.3 is 0 Å². The molecule has 0 spiro atoms. The maximum absolute atomic E-state index is 12.5. The summed E-state index contributed by atoms with van der Waals surface area (Å²) < 4.78 is 0.686. The van der Waals surface area contributed by atoms with Crippen LogP contribution in [0.5, 0.6) is 0 Å². The number of nitrogens with zero attached hydrogens (tertiary/aromatic N) is 2. The first-order chi connectivity index (χ1) is 15.6. The zero-order valence-electron chi connectivity index (χ0n) is 17.0. The van der Waals surface area contributed by atoms with E-state index in [0.29, 0.717) is 21.7 Å². The van der Waals surface area contributed by atoms with E-state index in [-0.39, 0.29) is 17.6 Å². The Morgan fingerprint density at radius 1 is 0.812 bits per heavy atom. The Hall–Kier alpha value is -3.91. The molecule has 5 N–H and O–H groups in total. The number of anilines is 3. The molecule has 4 aromatic rings. The van der Waals surface area contributed by atoms with Crippen molar-refractivity contribution in [3.05, 3.63) is 112 Å². The summed E-state index contributed by atoms with van der Waals surface area (Å²) in [6.45, 7) is 0. The molecule has 3 aromatic carbocycles. The fraction of sp³-hybridized carbons (Fsp3) is 0.0417. The molecule has 1 amide bonds. The van der Waals surface area contributed by atoms with E-state index in [1.807, 2.05) is 66.7 Å². The molecule has 8 heteroatoms. The summed E-state index contributed by atoms with van der Waals surface area (Å²) >= 11 is 3.37. The Kier molecular flexibility index (Phi) is 6.62. The van der Waals surface area contributed by atoms with Gasteiger partial charge in [0.15, 0.2) is 11.6 Å². The standard InChI is InChI=1S/C24H21BrN6O/c25-19-14-8-7-13-18(19)24(32)31-30-23-20(26)22(27-15-28-23)29-21(16-9-3-1-4-10-16)17-11-5-2-6-12-17/h1-15,21H,26H2,(H,31,32)(H2,27,28,29,30). The van der Waals surface area contributed by atoms with Crippen LogP contribution in [-0.2, 0) is 0 Å². The third kappa shape index (κ3) is 4.87. The smallest absolute Gasteiger partial charge is 0.270 e. The molecule has 0 atom stereocenters. The van der Waals surface area contributed by atoms with Crippen LogP contribution in [0.4, 0.5) is 17.3 Å². The van der Waals surface area contributed by atoms with E-state index < -0.39 is 0 Å². The number of benzene rings is 3. The fourth-order valence-electron chi connectivity index (χ4n) is 3.23. The van der Waals surface area contributed by atoms with Crippen LogP contribution in [0, 0.1) is 0 Å². The van der Waals surface area contributed by atoms with Crippen LogP contribution in [-0.4, -0.2) is 15.9 Å². The van der Waals surface area contributed by atoms with Gasteiger partial charge in [-0.2, -0.15) is 0 Å². The number of hydrazine groups is 1. The summed E-state index contributed by atoms with van der Waals surface area (Å²) in [7, 11) is 0. The highest BCUT2D eigenvalue weighted by molar-refractivity contribution is 9.10. The van der Waals surface area contributed by atoms with Gasteiger partial charge in [-0.05, 0) is 39.2 Å². The number of nitrogens with two attached hydrogens (primary N) is 1. The van der Waals surface area contributed by atoms with Crippen LogP contribution in [0.1, 0.15) is 27.5 Å². The van der Waals surface area contributed by atoms with Crippen LogP contribution in [0.25, 0.3) is 0 Å². The number of amides is 1. The molecule has 7 nitrogen and oxygen atoms in total. The van der Waals surface area contributed by atoms with Crippen molar-refractivity contribution in [3.63, 3.8) is 0 Å². The predicted octanol–water partition coefficient (Wildman–Crippen LogP) is 4.78. The lowest BCUT2D eigenvalue weighted by Gasteiger charge is -2.22. The number of carbonyl (C=O) groups is 1. The van der Waals surface area contributed by atoms with Crippen molar-refractivity contribution in [2.45, 2.75) is 6.04 Å². The lowest BCUT2D eigenvalue weighted by Crippen LogP contribution is -2.30. The average molecular weight is 489 g/mol. The number of hydrogen-bond donors (Lipinski definition) is 4. The van der Waals surface area contributed by atoms with Gasteiger partial charge < -0.3 is 11.1 Å². The zero-order valence-corrected chi connectivity index (χ0v) is 18.6. The van der Waals surface area contributed by atoms with E-state index in [1.54, 1.807) is 18.2 Å². The summed E-state index contributed by atoms with van der Waals surface area (Å²) in [5.74, 6) is 0.426. The van der Waals surface area contributed by atoms with Gasteiger partial charge in [-0.15, -0.1) is 0 Å². The zero-order chi connectivity index (χ0) is 22.3. The average Bonchev–Trinajstić information content (AvgIpc) is 2.84. The predicted molar refractivity (Wildman–Crippen MR) is 130 cm³/mol. The molecule has 1 aromatic heterocycles. The normalized spacial score (nSPS) is 10.6. The van der Waals surface area contributed by atoms with Crippen molar-refractivity contribution >= 4 is 39.2 Å². The lowest BCUT2D eigenvalue weighted by atomic mass is 9.99. The van der Waals surface area contributed by atoms with Crippen molar-refractivity contribution in [3.8, 4) is 0 Å². The fourth-order valence-corrected chi connectivity index (χ4v) is 3.69. The number of halogens is 1. The number of hydrogen-bond acceptors (Lipinski definition) is 6. The highest BCUT2D eigenvalue weighted by Gasteiger charge is 2.18. The highest BCUT2D eigenvalue weighted by Crippen LogP contribution is 2.30.